The van der Waals surface area contributed by atoms with Crippen molar-refractivity contribution < 1.29 is 18.7 Å². The first kappa shape index (κ1) is 15.7. The molecule has 0 saturated heterocycles. The zero-order valence-corrected chi connectivity index (χ0v) is 13.1. The van der Waals surface area contributed by atoms with Gasteiger partial charge in [-0.05, 0) is 19.1 Å². The first-order valence-corrected chi connectivity index (χ1v) is 7.23. The third-order valence-corrected chi connectivity index (χ3v) is 3.45. The second kappa shape index (κ2) is 6.53. The van der Waals surface area contributed by atoms with E-state index in [0.717, 1.165) is 11.6 Å². The maximum Gasteiger partial charge on any atom is 0.225 e. The maximum absolute atomic E-state index is 14.2. The highest BCUT2D eigenvalue weighted by atomic mass is 19.1. The predicted molar refractivity (Wildman–Crippen MR) is 86.7 cm³/mol. The monoisotopic (exact) mass is 330 g/mol. The Bertz CT molecular complexity index is 894. The molecule has 0 unspecified atom stereocenters. The van der Waals surface area contributed by atoms with E-state index in [9.17, 15) is 9.18 Å². The maximum atomic E-state index is 14.2. The zero-order chi connectivity index (χ0) is 17.1. The van der Waals surface area contributed by atoms with Gasteiger partial charge in [-0.2, -0.15) is 0 Å². The van der Waals surface area contributed by atoms with E-state index < -0.39 is 5.82 Å². The lowest BCUT2D eigenvalue weighted by Crippen LogP contribution is -2.01. The Balaban J connectivity index is 2.23. The second-order valence-corrected chi connectivity index (χ2v) is 4.81. The van der Waals surface area contributed by atoms with Crippen LogP contribution in [0, 0.1) is 5.82 Å². The van der Waals surface area contributed by atoms with Crippen LogP contribution in [0.25, 0.3) is 22.2 Å². The number of hydrogen-bond donors (Lipinski definition) is 2. The lowest BCUT2D eigenvalue weighted by atomic mass is 10.1. The molecule has 3 heterocycles. The number of halogens is 1. The summed E-state index contributed by atoms with van der Waals surface area (Å²) in [5.74, 6) is 0.144. The number of carbonyl (C=O) groups is 1. The van der Waals surface area contributed by atoms with E-state index in [1.807, 2.05) is 0 Å². The van der Waals surface area contributed by atoms with Gasteiger partial charge in [0.2, 0.25) is 12.3 Å². The van der Waals surface area contributed by atoms with Crippen molar-refractivity contribution in [3.8, 4) is 22.8 Å². The molecule has 3 rings (SSSR count). The van der Waals surface area contributed by atoms with E-state index in [-0.39, 0.29) is 11.6 Å². The molecule has 1 amide bonds. The number of amides is 1. The number of aromatic nitrogens is 3. The van der Waals surface area contributed by atoms with Gasteiger partial charge in [0.1, 0.15) is 11.5 Å². The average Bonchev–Trinajstić information content (AvgIpc) is 3.00. The smallest absolute Gasteiger partial charge is 0.225 e. The van der Waals surface area contributed by atoms with Crippen LogP contribution in [-0.2, 0) is 4.79 Å². The minimum atomic E-state index is -0.575. The van der Waals surface area contributed by atoms with Gasteiger partial charge in [-0.25, -0.2) is 14.4 Å². The molecule has 0 fully saturated rings. The fourth-order valence-corrected chi connectivity index (χ4v) is 2.49. The van der Waals surface area contributed by atoms with Crippen LogP contribution in [0.15, 0.2) is 24.5 Å². The fraction of sp³-hybridized carbons (Fsp3) is 0.188. The highest BCUT2D eigenvalue weighted by Crippen LogP contribution is 2.41. The molecule has 8 heteroatoms. The molecule has 0 saturated carbocycles. The Morgan fingerprint density at radius 3 is 2.96 bits per heavy atom. The van der Waals surface area contributed by atoms with E-state index in [1.165, 1.54) is 7.11 Å². The lowest BCUT2D eigenvalue weighted by Gasteiger charge is -2.13. The number of carbonyl (C=O) groups excluding carboxylic acids is 1. The fourth-order valence-electron chi connectivity index (χ4n) is 2.49. The van der Waals surface area contributed by atoms with Gasteiger partial charge in [-0.15, -0.1) is 0 Å². The number of fused-ring (bicyclic) bond motifs is 1. The molecule has 2 N–H and O–H groups in total. The number of hydrogen-bond acceptors (Lipinski definition) is 5. The quantitative estimate of drug-likeness (QED) is 0.678. The topological polar surface area (TPSA) is 89.1 Å². The number of rotatable bonds is 6. The van der Waals surface area contributed by atoms with Crippen molar-refractivity contribution >= 4 is 23.3 Å². The Morgan fingerprint density at radius 1 is 1.42 bits per heavy atom. The first-order valence-electron chi connectivity index (χ1n) is 7.23. The highest BCUT2D eigenvalue weighted by molar-refractivity contribution is 5.97. The number of ether oxygens (including phenoxy) is 2. The van der Waals surface area contributed by atoms with Crippen molar-refractivity contribution in [2.75, 3.05) is 19.0 Å². The molecule has 3 aromatic heterocycles. The highest BCUT2D eigenvalue weighted by Gasteiger charge is 2.22. The van der Waals surface area contributed by atoms with Crippen molar-refractivity contribution in [2.24, 2.45) is 0 Å². The average molecular weight is 330 g/mol. The Hall–Kier alpha value is -3.16. The summed E-state index contributed by atoms with van der Waals surface area (Å²) < 4.78 is 24.9. The minimum Gasteiger partial charge on any atom is -0.490 e. The van der Waals surface area contributed by atoms with Crippen LogP contribution in [0.3, 0.4) is 0 Å². The van der Waals surface area contributed by atoms with Crippen molar-refractivity contribution in [3.05, 3.63) is 30.3 Å². The molecule has 0 aliphatic carbocycles. The first-order chi connectivity index (χ1) is 11.7. The number of methoxy groups -OCH3 is 1. The Labute approximate surface area is 136 Å². The summed E-state index contributed by atoms with van der Waals surface area (Å²) in [5.41, 5.74) is 1.58. The van der Waals surface area contributed by atoms with E-state index in [2.05, 4.69) is 20.3 Å². The molecule has 0 atom stereocenters. The molecule has 7 nitrogen and oxygen atoms in total. The molecule has 0 bridgehead atoms. The zero-order valence-electron chi connectivity index (χ0n) is 13.1. The van der Waals surface area contributed by atoms with Crippen LogP contribution < -0.4 is 14.8 Å². The van der Waals surface area contributed by atoms with E-state index >= 15 is 0 Å². The molecule has 124 valence electrons. The van der Waals surface area contributed by atoms with Crippen LogP contribution in [-0.4, -0.2) is 35.1 Å². The molecule has 0 aromatic carbocycles. The van der Waals surface area contributed by atoms with E-state index in [4.69, 9.17) is 9.47 Å². The van der Waals surface area contributed by atoms with Crippen molar-refractivity contribution in [2.45, 2.75) is 6.92 Å². The van der Waals surface area contributed by atoms with Crippen molar-refractivity contribution in [1.82, 2.24) is 15.0 Å². The molecule has 3 aromatic rings. The standard InChI is InChI=1S/C16H15FN4O3/c1-3-24-14-11(17)7-19-16(23-2)13(14)10-6-18-15-9(10)4-5-12(21-15)20-8-22/h4-8H,3H2,1-2H3,(H2,18,20,21,22). The van der Waals surface area contributed by atoms with Crippen LogP contribution >= 0.6 is 0 Å². The van der Waals surface area contributed by atoms with Crippen LogP contribution in [0.4, 0.5) is 10.2 Å². The van der Waals surface area contributed by atoms with Gasteiger partial charge >= 0.3 is 0 Å². The van der Waals surface area contributed by atoms with Gasteiger partial charge in [-0.3, -0.25) is 4.79 Å². The normalized spacial score (nSPS) is 10.6. The molecule has 0 radical (unpaired) electrons. The summed E-state index contributed by atoms with van der Waals surface area (Å²) in [6.45, 7) is 2.06. The van der Waals surface area contributed by atoms with Crippen molar-refractivity contribution in [1.29, 1.82) is 0 Å². The summed E-state index contributed by atoms with van der Waals surface area (Å²) in [6.07, 6.45) is 3.28. The number of anilines is 1. The molecular formula is C16H15FN4O3. The molecule has 0 spiro atoms. The van der Waals surface area contributed by atoms with Crippen LogP contribution in [0.5, 0.6) is 11.6 Å². The lowest BCUT2D eigenvalue weighted by molar-refractivity contribution is -0.105. The number of pyridine rings is 2. The predicted octanol–water partition coefficient (Wildman–Crippen LogP) is 2.74. The minimum absolute atomic E-state index is 0.0698. The van der Waals surface area contributed by atoms with Gasteiger partial charge in [0, 0.05) is 17.1 Å². The summed E-state index contributed by atoms with van der Waals surface area (Å²) in [4.78, 5) is 21.8. The van der Waals surface area contributed by atoms with Gasteiger partial charge in [-0.1, -0.05) is 0 Å². The number of nitrogens with one attached hydrogen (secondary N) is 2. The summed E-state index contributed by atoms with van der Waals surface area (Å²) in [6, 6.07) is 3.41. The molecule has 0 aliphatic rings. The Morgan fingerprint density at radius 2 is 2.25 bits per heavy atom. The molecule has 24 heavy (non-hydrogen) atoms. The van der Waals surface area contributed by atoms with Gasteiger partial charge < -0.3 is 19.8 Å². The third kappa shape index (κ3) is 2.62. The summed E-state index contributed by atoms with van der Waals surface area (Å²) >= 11 is 0. The summed E-state index contributed by atoms with van der Waals surface area (Å²) in [5, 5.41) is 3.20. The van der Waals surface area contributed by atoms with E-state index in [1.54, 1.807) is 25.3 Å². The SMILES string of the molecule is CCOc1c(F)cnc(OC)c1-c1c[nH]c2nc(NC=O)ccc12. The second-order valence-electron chi connectivity index (χ2n) is 4.81. The number of H-pyrrole nitrogens is 1. The van der Waals surface area contributed by atoms with Gasteiger partial charge in [0.05, 0.1) is 25.5 Å². The van der Waals surface area contributed by atoms with Crippen molar-refractivity contribution in [3.63, 3.8) is 0 Å². The molecule has 0 aliphatic heterocycles. The van der Waals surface area contributed by atoms with Gasteiger partial charge in [0.15, 0.2) is 11.6 Å². The molecular weight excluding hydrogens is 315 g/mol. The summed E-state index contributed by atoms with van der Waals surface area (Å²) in [7, 11) is 1.46. The number of aromatic amines is 1. The largest absolute Gasteiger partial charge is 0.490 e. The van der Waals surface area contributed by atoms with E-state index in [0.29, 0.717) is 35.6 Å². The number of nitrogens with zero attached hydrogens (tertiary/aromatic N) is 2. The third-order valence-electron chi connectivity index (χ3n) is 3.45. The van der Waals surface area contributed by atoms with Crippen LogP contribution in [0.2, 0.25) is 0 Å². The van der Waals surface area contributed by atoms with Gasteiger partial charge in [0.25, 0.3) is 0 Å². The Kier molecular flexibility index (Phi) is 4.28. The van der Waals surface area contributed by atoms with Crippen LogP contribution in [0.1, 0.15) is 6.92 Å².